The molecule has 2 aromatic carbocycles. The summed E-state index contributed by atoms with van der Waals surface area (Å²) in [6.07, 6.45) is 1.77. The van der Waals surface area contributed by atoms with E-state index in [0.29, 0.717) is 5.69 Å². The first-order valence-electron chi connectivity index (χ1n) is 5.88. The second-order valence-electron chi connectivity index (χ2n) is 4.08. The van der Waals surface area contributed by atoms with E-state index in [0.717, 1.165) is 22.0 Å². The molecular weight excluding hydrogens is 236 g/mol. The van der Waals surface area contributed by atoms with E-state index >= 15 is 0 Å². The number of hydrogen-bond donors (Lipinski definition) is 0. The van der Waals surface area contributed by atoms with Gasteiger partial charge in [0.25, 0.3) is 0 Å². The maximum absolute atomic E-state index is 8.65. The van der Waals surface area contributed by atoms with E-state index in [4.69, 9.17) is 5.53 Å². The molecule has 0 aliphatic rings. The van der Waals surface area contributed by atoms with Gasteiger partial charge in [0.15, 0.2) is 0 Å². The average Bonchev–Trinajstić information content (AvgIpc) is 2.48. The Hall–Kier alpha value is -2.84. The van der Waals surface area contributed by atoms with Crippen molar-refractivity contribution in [3.8, 4) is 11.1 Å². The fourth-order valence-corrected chi connectivity index (χ4v) is 2.17. The molecule has 0 amide bonds. The zero-order valence-corrected chi connectivity index (χ0v) is 10.1. The number of benzene rings is 2. The highest BCUT2D eigenvalue weighted by molar-refractivity contribution is 5.97. The predicted molar refractivity (Wildman–Crippen MR) is 76.0 cm³/mol. The highest BCUT2D eigenvalue weighted by Gasteiger charge is 2.07. The summed E-state index contributed by atoms with van der Waals surface area (Å²) in [7, 11) is 0. The molecule has 19 heavy (non-hydrogen) atoms. The molecule has 0 spiro atoms. The molecular formula is C15H10N4. The third-order valence-corrected chi connectivity index (χ3v) is 3.00. The monoisotopic (exact) mass is 246 g/mol. The minimum atomic E-state index is 0.626. The van der Waals surface area contributed by atoms with Crippen molar-refractivity contribution in [2.75, 3.05) is 0 Å². The minimum Gasteiger partial charge on any atom is -0.256 e. The van der Waals surface area contributed by atoms with Gasteiger partial charge < -0.3 is 0 Å². The molecule has 0 saturated carbocycles. The van der Waals surface area contributed by atoms with Crippen molar-refractivity contribution in [1.82, 2.24) is 4.98 Å². The summed E-state index contributed by atoms with van der Waals surface area (Å²) in [5.41, 5.74) is 12.1. The Balaban J connectivity index is 2.34. The number of hydrogen-bond acceptors (Lipinski definition) is 2. The third-order valence-electron chi connectivity index (χ3n) is 3.00. The maximum atomic E-state index is 8.65. The van der Waals surface area contributed by atoms with Crippen molar-refractivity contribution in [3.63, 3.8) is 0 Å². The number of fused-ring (bicyclic) bond motifs is 1. The Morgan fingerprint density at radius 2 is 1.68 bits per heavy atom. The summed E-state index contributed by atoms with van der Waals surface area (Å²) in [5, 5.41) is 4.80. The minimum absolute atomic E-state index is 0.626. The molecule has 4 nitrogen and oxygen atoms in total. The van der Waals surface area contributed by atoms with Crippen molar-refractivity contribution in [2.24, 2.45) is 5.11 Å². The summed E-state index contributed by atoms with van der Waals surface area (Å²) in [4.78, 5) is 7.22. The van der Waals surface area contributed by atoms with Crippen LogP contribution in [0.1, 0.15) is 0 Å². The van der Waals surface area contributed by atoms with Crippen LogP contribution in [0.5, 0.6) is 0 Å². The van der Waals surface area contributed by atoms with Crippen LogP contribution in [0, 0.1) is 0 Å². The maximum Gasteiger partial charge on any atom is 0.0708 e. The van der Waals surface area contributed by atoms with Crippen molar-refractivity contribution < 1.29 is 0 Å². The molecule has 0 unspecified atom stereocenters. The lowest BCUT2D eigenvalue weighted by Gasteiger charge is -2.08. The van der Waals surface area contributed by atoms with Crippen LogP contribution in [0.2, 0.25) is 0 Å². The van der Waals surface area contributed by atoms with Crippen LogP contribution < -0.4 is 0 Å². The van der Waals surface area contributed by atoms with Crippen LogP contribution in [0.15, 0.2) is 65.9 Å². The molecule has 3 rings (SSSR count). The van der Waals surface area contributed by atoms with E-state index in [1.165, 1.54) is 0 Å². The van der Waals surface area contributed by atoms with Gasteiger partial charge in [-0.3, -0.25) is 4.98 Å². The molecule has 0 fully saturated rings. The Morgan fingerprint density at radius 3 is 2.58 bits per heavy atom. The molecule has 0 radical (unpaired) electrons. The molecule has 0 aliphatic carbocycles. The molecule has 0 N–H and O–H groups in total. The summed E-state index contributed by atoms with van der Waals surface area (Å²) in [5.74, 6) is 0. The first kappa shape index (κ1) is 11.3. The number of aromatic nitrogens is 1. The normalized spacial score (nSPS) is 10.1. The van der Waals surface area contributed by atoms with E-state index in [9.17, 15) is 0 Å². The van der Waals surface area contributed by atoms with E-state index in [1.54, 1.807) is 6.20 Å². The van der Waals surface area contributed by atoms with Gasteiger partial charge in [-0.15, -0.1) is 0 Å². The lowest BCUT2D eigenvalue weighted by molar-refractivity contribution is 1.40. The quantitative estimate of drug-likeness (QED) is 0.362. The van der Waals surface area contributed by atoms with Gasteiger partial charge in [0.2, 0.25) is 0 Å². The molecule has 0 aliphatic heterocycles. The van der Waals surface area contributed by atoms with Gasteiger partial charge in [0.1, 0.15) is 0 Å². The van der Waals surface area contributed by atoms with Gasteiger partial charge in [-0.05, 0) is 28.8 Å². The van der Waals surface area contributed by atoms with Crippen LogP contribution in [-0.4, -0.2) is 4.98 Å². The number of pyridine rings is 1. The summed E-state index contributed by atoms with van der Waals surface area (Å²) >= 11 is 0. The number of para-hydroxylation sites is 1. The summed E-state index contributed by atoms with van der Waals surface area (Å²) in [6.45, 7) is 0. The Morgan fingerprint density at radius 1 is 0.895 bits per heavy atom. The van der Waals surface area contributed by atoms with Crippen molar-refractivity contribution in [2.45, 2.75) is 0 Å². The molecule has 1 heterocycles. The fourth-order valence-electron chi connectivity index (χ4n) is 2.17. The average molecular weight is 246 g/mol. The second-order valence-corrected chi connectivity index (χ2v) is 4.08. The van der Waals surface area contributed by atoms with Gasteiger partial charge in [0.05, 0.1) is 5.52 Å². The van der Waals surface area contributed by atoms with Crippen LogP contribution in [0.3, 0.4) is 0 Å². The van der Waals surface area contributed by atoms with Crippen LogP contribution >= 0.6 is 0 Å². The smallest absolute Gasteiger partial charge is 0.0708 e. The van der Waals surface area contributed by atoms with Crippen LogP contribution in [0.4, 0.5) is 5.69 Å². The van der Waals surface area contributed by atoms with E-state index < -0.39 is 0 Å². The summed E-state index contributed by atoms with van der Waals surface area (Å²) < 4.78 is 0. The van der Waals surface area contributed by atoms with Gasteiger partial charge in [0, 0.05) is 22.2 Å². The topological polar surface area (TPSA) is 61.7 Å². The highest BCUT2D eigenvalue weighted by Crippen LogP contribution is 2.34. The molecule has 0 atom stereocenters. The first-order valence-corrected chi connectivity index (χ1v) is 5.88. The van der Waals surface area contributed by atoms with E-state index in [-0.39, 0.29) is 0 Å². The Kier molecular flexibility index (Phi) is 2.85. The van der Waals surface area contributed by atoms with Crippen LogP contribution in [-0.2, 0) is 0 Å². The molecule has 4 heteroatoms. The zero-order valence-electron chi connectivity index (χ0n) is 10.1. The van der Waals surface area contributed by atoms with Crippen molar-refractivity contribution in [1.29, 1.82) is 0 Å². The van der Waals surface area contributed by atoms with Gasteiger partial charge in [-0.2, -0.15) is 0 Å². The third kappa shape index (κ3) is 2.01. The SMILES string of the molecule is [N-]=[N+]=Nc1ccccc1-c1ccnc2ccccc12. The van der Waals surface area contributed by atoms with Gasteiger partial charge in [-0.1, -0.05) is 47.6 Å². The highest BCUT2D eigenvalue weighted by atomic mass is 15.1. The molecule has 0 bridgehead atoms. The number of nitrogens with zero attached hydrogens (tertiary/aromatic N) is 4. The van der Waals surface area contributed by atoms with Crippen molar-refractivity contribution >= 4 is 16.6 Å². The Labute approximate surface area is 110 Å². The van der Waals surface area contributed by atoms with Crippen LogP contribution in [0.25, 0.3) is 32.5 Å². The standard InChI is InChI=1S/C15H10N4/c16-19-18-15-8-4-2-6-13(15)11-9-10-17-14-7-3-1-5-12(11)14/h1-10H. The first-order chi connectivity index (χ1) is 9.40. The zero-order chi connectivity index (χ0) is 13.1. The lowest BCUT2D eigenvalue weighted by Crippen LogP contribution is -1.84. The number of azide groups is 1. The van der Waals surface area contributed by atoms with Gasteiger partial charge in [-0.25, -0.2) is 0 Å². The summed E-state index contributed by atoms with van der Waals surface area (Å²) in [6, 6.07) is 17.4. The van der Waals surface area contributed by atoms with Gasteiger partial charge >= 0.3 is 0 Å². The van der Waals surface area contributed by atoms with E-state index in [1.807, 2.05) is 54.6 Å². The van der Waals surface area contributed by atoms with Crippen molar-refractivity contribution in [3.05, 3.63) is 71.2 Å². The molecule has 1 aromatic heterocycles. The largest absolute Gasteiger partial charge is 0.256 e. The molecule has 0 saturated heterocycles. The number of rotatable bonds is 2. The lowest BCUT2D eigenvalue weighted by atomic mass is 10.00. The fraction of sp³-hybridized carbons (Fsp3) is 0. The molecule has 90 valence electrons. The Bertz CT molecular complexity index is 784. The van der Waals surface area contributed by atoms with E-state index in [2.05, 4.69) is 15.0 Å². The predicted octanol–water partition coefficient (Wildman–Crippen LogP) is 4.84. The molecule has 3 aromatic rings. The second kappa shape index (κ2) is 4.80.